The van der Waals surface area contributed by atoms with Crippen molar-refractivity contribution in [2.75, 3.05) is 5.32 Å². The number of hydrogen-bond donors (Lipinski definition) is 2. The van der Waals surface area contributed by atoms with Crippen LogP contribution in [-0.2, 0) is 9.59 Å². The molecule has 0 bridgehead atoms. The van der Waals surface area contributed by atoms with Gasteiger partial charge in [0.15, 0.2) is 0 Å². The largest absolute Gasteiger partial charge is 0.481 e. The normalized spacial score (nSPS) is 21.5. The Bertz CT molecular complexity index is 543. The minimum absolute atomic E-state index is 0.216. The summed E-state index contributed by atoms with van der Waals surface area (Å²) in [7, 11) is 0. The quantitative estimate of drug-likeness (QED) is 0.832. The number of carbonyl (C=O) groups is 2. The number of aliphatic carboxylic acids is 1. The van der Waals surface area contributed by atoms with Gasteiger partial charge in [-0.2, -0.15) is 0 Å². The van der Waals surface area contributed by atoms with Crippen molar-refractivity contribution < 1.29 is 14.7 Å². The SMILES string of the molecule is Cc1cc(C)cc(NC(=O)[C@@H]2CC=CC[C@@H]2C(=O)O)c1. The molecule has 106 valence electrons. The molecule has 0 radical (unpaired) electrons. The molecule has 0 heterocycles. The van der Waals surface area contributed by atoms with Gasteiger partial charge in [-0.1, -0.05) is 18.2 Å². The van der Waals surface area contributed by atoms with Crippen LogP contribution in [-0.4, -0.2) is 17.0 Å². The van der Waals surface area contributed by atoms with Crippen molar-refractivity contribution in [2.24, 2.45) is 11.8 Å². The predicted molar refractivity (Wildman–Crippen MR) is 77.5 cm³/mol. The highest BCUT2D eigenvalue weighted by atomic mass is 16.4. The number of amides is 1. The summed E-state index contributed by atoms with van der Waals surface area (Å²) in [6, 6.07) is 5.80. The fourth-order valence-electron chi connectivity index (χ4n) is 2.66. The van der Waals surface area contributed by atoms with Crippen molar-refractivity contribution >= 4 is 17.6 Å². The van der Waals surface area contributed by atoms with Crippen molar-refractivity contribution in [2.45, 2.75) is 26.7 Å². The molecule has 2 atom stereocenters. The van der Waals surface area contributed by atoms with E-state index in [1.807, 2.05) is 44.2 Å². The Morgan fingerprint density at radius 2 is 1.60 bits per heavy atom. The lowest BCUT2D eigenvalue weighted by Crippen LogP contribution is -2.34. The van der Waals surface area contributed by atoms with Crippen LogP contribution in [0, 0.1) is 25.7 Å². The van der Waals surface area contributed by atoms with E-state index in [4.69, 9.17) is 0 Å². The molecular formula is C16H19NO3. The van der Waals surface area contributed by atoms with E-state index in [-0.39, 0.29) is 5.91 Å². The first-order valence-electron chi connectivity index (χ1n) is 6.74. The second-order valence-corrected chi connectivity index (χ2v) is 5.36. The molecule has 20 heavy (non-hydrogen) atoms. The van der Waals surface area contributed by atoms with Gasteiger partial charge in [-0.05, 0) is 49.9 Å². The predicted octanol–water partition coefficient (Wildman–Crippen LogP) is 2.91. The average molecular weight is 273 g/mol. The summed E-state index contributed by atoms with van der Waals surface area (Å²) in [5, 5.41) is 12.0. The van der Waals surface area contributed by atoms with E-state index in [1.54, 1.807) is 0 Å². The van der Waals surface area contributed by atoms with E-state index in [9.17, 15) is 14.7 Å². The van der Waals surface area contributed by atoms with Crippen molar-refractivity contribution in [3.63, 3.8) is 0 Å². The van der Waals surface area contributed by atoms with Crippen molar-refractivity contribution in [1.82, 2.24) is 0 Å². The number of benzene rings is 1. The van der Waals surface area contributed by atoms with Gasteiger partial charge in [0, 0.05) is 5.69 Å². The smallest absolute Gasteiger partial charge is 0.307 e. The van der Waals surface area contributed by atoms with Crippen LogP contribution in [0.3, 0.4) is 0 Å². The van der Waals surface area contributed by atoms with E-state index in [0.29, 0.717) is 12.8 Å². The molecule has 0 saturated carbocycles. The second kappa shape index (κ2) is 5.90. The lowest BCUT2D eigenvalue weighted by molar-refractivity contribution is -0.146. The number of allylic oxidation sites excluding steroid dienone is 2. The number of carboxylic acid groups (broad SMARTS) is 1. The van der Waals surface area contributed by atoms with Crippen LogP contribution in [0.1, 0.15) is 24.0 Å². The third-order valence-corrected chi connectivity index (χ3v) is 3.58. The standard InChI is InChI=1S/C16H19NO3/c1-10-7-11(2)9-12(8-10)17-15(18)13-5-3-4-6-14(13)16(19)20/h3-4,7-9,13-14H,5-6H2,1-2H3,(H,17,18)(H,19,20)/t13-,14+/m1/s1. The maximum absolute atomic E-state index is 12.3. The van der Waals surface area contributed by atoms with Gasteiger partial charge in [-0.25, -0.2) is 0 Å². The Hall–Kier alpha value is -2.10. The molecule has 1 aromatic carbocycles. The minimum atomic E-state index is -0.907. The molecule has 4 nitrogen and oxygen atoms in total. The summed E-state index contributed by atoms with van der Waals surface area (Å²) in [4.78, 5) is 23.5. The monoisotopic (exact) mass is 273 g/mol. The van der Waals surface area contributed by atoms with Crippen LogP contribution < -0.4 is 5.32 Å². The summed E-state index contributed by atoms with van der Waals surface area (Å²) in [6.07, 6.45) is 4.61. The minimum Gasteiger partial charge on any atom is -0.481 e. The molecule has 0 aromatic heterocycles. The van der Waals surface area contributed by atoms with E-state index in [0.717, 1.165) is 16.8 Å². The Kier molecular flexibility index (Phi) is 4.23. The van der Waals surface area contributed by atoms with Crippen LogP contribution in [0.15, 0.2) is 30.4 Å². The van der Waals surface area contributed by atoms with Crippen LogP contribution in [0.4, 0.5) is 5.69 Å². The van der Waals surface area contributed by atoms with Gasteiger partial charge in [-0.15, -0.1) is 0 Å². The van der Waals surface area contributed by atoms with Gasteiger partial charge in [0.1, 0.15) is 0 Å². The highest BCUT2D eigenvalue weighted by molar-refractivity contribution is 5.95. The maximum Gasteiger partial charge on any atom is 0.307 e. The molecule has 1 aliphatic carbocycles. The zero-order valence-electron chi connectivity index (χ0n) is 11.7. The number of anilines is 1. The third kappa shape index (κ3) is 3.26. The average Bonchev–Trinajstić information content (AvgIpc) is 2.37. The topological polar surface area (TPSA) is 66.4 Å². The lowest BCUT2D eigenvalue weighted by atomic mass is 9.82. The third-order valence-electron chi connectivity index (χ3n) is 3.58. The summed E-state index contributed by atoms with van der Waals surface area (Å²) >= 11 is 0. The molecule has 1 aromatic rings. The maximum atomic E-state index is 12.3. The van der Waals surface area contributed by atoms with Gasteiger partial charge in [0.2, 0.25) is 5.91 Å². The number of rotatable bonds is 3. The molecule has 1 aliphatic rings. The first kappa shape index (κ1) is 14.3. The van der Waals surface area contributed by atoms with Gasteiger partial charge in [0.05, 0.1) is 11.8 Å². The van der Waals surface area contributed by atoms with Crippen LogP contribution in [0.2, 0.25) is 0 Å². The van der Waals surface area contributed by atoms with Crippen LogP contribution in [0.25, 0.3) is 0 Å². The van der Waals surface area contributed by atoms with E-state index < -0.39 is 17.8 Å². The van der Waals surface area contributed by atoms with Crippen LogP contribution >= 0.6 is 0 Å². The number of carboxylic acids is 1. The highest BCUT2D eigenvalue weighted by Gasteiger charge is 2.33. The second-order valence-electron chi connectivity index (χ2n) is 5.36. The fraction of sp³-hybridized carbons (Fsp3) is 0.375. The molecule has 2 rings (SSSR count). The first-order chi connectivity index (χ1) is 9.47. The Labute approximate surface area is 118 Å². The molecule has 0 aliphatic heterocycles. The highest BCUT2D eigenvalue weighted by Crippen LogP contribution is 2.27. The zero-order chi connectivity index (χ0) is 14.7. The van der Waals surface area contributed by atoms with Gasteiger partial charge in [0.25, 0.3) is 0 Å². The van der Waals surface area contributed by atoms with E-state index in [2.05, 4.69) is 5.32 Å². The van der Waals surface area contributed by atoms with Crippen molar-refractivity contribution in [3.8, 4) is 0 Å². The van der Waals surface area contributed by atoms with E-state index >= 15 is 0 Å². The number of hydrogen-bond acceptors (Lipinski definition) is 2. The molecule has 2 N–H and O–H groups in total. The summed E-state index contributed by atoms with van der Waals surface area (Å²) in [5.41, 5.74) is 2.86. The van der Waals surface area contributed by atoms with Crippen LogP contribution in [0.5, 0.6) is 0 Å². The molecule has 0 spiro atoms. The molecule has 4 heteroatoms. The van der Waals surface area contributed by atoms with Crippen molar-refractivity contribution in [1.29, 1.82) is 0 Å². The molecule has 0 unspecified atom stereocenters. The van der Waals surface area contributed by atoms with Gasteiger partial charge >= 0.3 is 5.97 Å². The summed E-state index contributed by atoms with van der Waals surface area (Å²) in [5.74, 6) is -2.26. The summed E-state index contributed by atoms with van der Waals surface area (Å²) < 4.78 is 0. The Morgan fingerprint density at radius 3 is 2.15 bits per heavy atom. The first-order valence-corrected chi connectivity index (χ1v) is 6.74. The Morgan fingerprint density at radius 1 is 1.05 bits per heavy atom. The Balaban J connectivity index is 2.14. The fourth-order valence-corrected chi connectivity index (χ4v) is 2.66. The summed E-state index contributed by atoms with van der Waals surface area (Å²) in [6.45, 7) is 3.93. The number of nitrogens with one attached hydrogen (secondary N) is 1. The molecule has 0 fully saturated rings. The van der Waals surface area contributed by atoms with E-state index in [1.165, 1.54) is 0 Å². The lowest BCUT2D eigenvalue weighted by Gasteiger charge is -2.24. The number of aryl methyl sites for hydroxylation is 2. The van der Waals surface area contributed by atoms with Gasteiger partial charge < -0.3 is 10.4 Å². The number of carbonyl (C=O) groups excluding carboxylic acids is 1. The molecule has 1 amide bonds. The molecule has 0 saturated heterocycles. The van der Waals surface area contributed by atoms with Gasteiger partial charge in [-0.3, -0.25) is 9.59 Å². The zero-order valence-corrected chi connectivity index (χ0v) is 11.7. The van der Waals surface area contributed by atoms with Crippen molar-refractivity contribution in [3.05, 3.63) is 41.5 Å². The molecular weight excluding hydrogens is 254 g/mol.